The van der Waals surface area contributed by atoms with Gasteiger partial charge in [0.1, 0.15) is 0 Å². The molecule has 0 N–H and O–H groups in total. The maximum absolute atomic E-state index is 12.6. The molecule has 104 valence electrons. The Morgan fingerprint density at radius 2 is 1.68 bits per heavy atom. The van der Waals surface area contributed by atoms with E-state index < -0.39 is 10.0 Å². The Morgan fingerprint density at radius 1 is 1.05 bits per heavy atom. The van der Waals surface area contributed by atoms with Crippen molar-refractivity contribution in [2.45, 2.75) is 33.4 Å². The molecular formula is C13H15Br2NO2S. The molecule has 0 unspecified atom stereocenters. The Bertz CT molecular complexity index is 563. The summed E-state index contributed by atoms with van der Waals surface area (Å²) >= 11 is 7.29. The molecule has 1 aliphatic carbocycles. The molecule has 3 rings (SSSR count). The van der Waals surface area contributed by atoms with Crippen molar-refractivity contribution < 1.29 is 8.42 Å². The van der Waals surface area contributed by atoms with Crippen LogP contribution in [-0.2, 0) is 10.0 Å². The zero-order chi connectivity index (χ0) is 13.6. The zero-order valence-electron chi connectivity index (χ0n) is 10.2. The largest absolute Gasteiger partial charge is 0.243 e. The van der Waals surface area contributed by atoms with Crippen LogP contribution in [0.5, 0.6) is 0 Å². The van der Waals surface area contributed by atoms with Gasteiger partial charge in [-0.05, 0) is 30.9 Å². The number of alkyl halides is 2. The first kappa shape index (κ1) is 14.0. The van der Waals surface area contributed by atoms with Gasteiger partial charge in [0.25, 0.3) is 0 Å². The number of hydrogen-bond acceptors (Lipinski definition) is 2. The molecule has 3 nitrogen and oxygen atoms in total. The lowest BCUT2D eigenvalue weighted by Crippen LogP contribution is -2.62. The lowest BCUT2D eigenvalue weighted by molar-refractivity contribution is 0.0667. The molecule has 4 atom stereocenters. The summed E-state index contributed by atoms with van der Waals surface area (Å²) in [7, 11) is -3.32. The van der Waals surface area contributed by atoms with Crippen LogP contribution < -0.4 is 0 Å². The topological polar surface area (TPSA) is 37.4 Å². The predicted molar refractivity (Wildman–Crippen MR) is 82.3 cm³/mol. The molecule has 1 saturated carbocycles. The van der Waals surface area contributed by atoms with E-state index in [1.54, 1.807) is 28.6 Å². The number of fused-ring (bicyclic) bond motifs is 1. The van der Waals surface area contributed by atoms with Crippen LogP contribution in [0.15, 0.2) is 35.2 Å². The van der Waals surface area contributed by atoms with Crippen molar-refractivity contribution in [1.29, 1.82) is 0 Å². The van der Waals surface area contributed by atoms with Crippen LogP contribution in [0.4, 0.5) is 0 Å². The summed E-state index contributed by atoms with van der Waals surface area (Å²) in [5.41, 5.74) is 0. The highest BCUT2D eigenvalue weighted by Crippen LogP contribution is 2.44. The van der Waals surface area contributed by atoms with Crippen LogP contribution in [0, 0.1) is 5.92 Å². The molecule has 0 amide bonds. The summed E-state index contributed by atoms with van der Waals surface area (Å²) in [4.78, 5) is 1.21. The maximum atomic E-state index is 12.6. The van der Waals surface area contributed by atoms with Crippen molar-refractivity contribution >= 4 is 41.9 Å². The van der Waals surface area contributed by atoms with Gasteiger partial charge < -0.3 is 0 Å². The Hall–Kier alpha value is 0.0900. The Kier molecular flexibility index (Phi) is 3.79. The van der Waals surface area contributed by atoms with Crippen molar-refractivity contribution in [2.75, 3.05) is 6.54 Å². The van der Waals surface area contributed by atoms with E-state index in [9.17, 15) is 8.42 Å². The normalized spacial score (nSPS) is 35.5. The first-order valence-corrected chi connectivity index (χ1v) is 9.62. The standard InChI is InChI=1S/C13H15Br2NO2S/c14-11-6-9-8-16(13(9)7-12(11)15)19(17,18)10-4-2-1-3-5-10/h1-5,9,11-13H,6-8H2/t9-,11+,12-,13-/m0/s1. The molecule has 0 bridgehead atoms. The minimum absolute atomic E-state index is 0.156. The van der Waals surface area contributed by atoms with E-state index in [1.165, 1.54) is 0 Å². The van der Waals surface area contributed by atoms with Gasteiger partial charge in [-0.25, -0.2) is 8.42 Å². The average Bonchev–Trinajstić information content (AvgIpc) is 2.39. The van der Waals surface area contributed by atoms with Gasteiger partial charge in [-0.3, -0.25) is 0 Å². The Labute approximate surface area is 130 Å². The van der Waals surface area contributed by atoms with Gasteiger partial charge >= 0.3 is 0 Å². The third kappa shape index (κ3) is 2.41. The molecule has 1 aromatic carbocycles. The van der Waals surface area contributed by atoms with Crippen molar-refractivity contribution in [1.82, 2.24) is 4.31 Å². The van der Waals surface area contributed by atoms with Gasteiger partial charge in [-0.15, -0.1) is 0 Å². The number of sulfonamides is 1. The molecule has 0 spiro atoms. The highest BCUT2D eigenvalue weighted by Gasteiger charge is 2.50. The minimum atomic E-state index is -3.32. The van der Waals surface area contributed by atoms with Gasteiger partial charge in [0.2, 0.25) is 10.0 Å². The summed E-state index contributed by atoms with van der Waals surface area (Å²) in [6.07, 6.45) is 1.92. The van der Waals surface area contributed by atoms with Gasteiger partial charge in [0.05, 0.1) is 4.90 Å². The van der Waals surface area contributed by atoms with Gasteiger partial charge in [0.15, 0.2) is 0 Å². The quantitative estimate of drug-likeness (QED) is 0.705. The molecule has 1 heterocycles. The Morgan fingerprint density at radius 3 is 2.37 bits per heavy atom. The second kappa shape index (κ2) is 5.13. The van der Waals surface area contributed by atoms with Gasteiger partial charge in [-0.2, -0.15) is 4.31 Å². The first-order chi connectivity index (χ1) is 9.00. The number of hydrogen-bond donors (Lipinski definition) is 0. The summed E-state index contributed by atoms with van der Waals surface area (Å²) in [6, 6.07) is 8.88. The number of benzene rings is 1. The molecule has 0 aromatic heterocycles. The highest BCUT2D eigenvalue weighted by molar-refractivity contribution is 9.12. The summed E-state index contributed by atoms with van der Waals surface area (Å²) in [5, 5.41) is 0. The summed E-state index contributed by atoms with van der Waals surface area (Å²) < 4.78 is 26.8. The van der Waals surface area contributed by atoms with Crippen LogP contribution in [0.25, 0.3) is 0 Å². The number of rotatable bonds is 2. The molecule has 1 aliphatic heterocycles. The van der Waals surface area contributed by atoms with E-state index in [-0.39, 0.29) is 6.04 Å². The summed E-state index contributed by atoms with van der Waals surface area (Å²) in [6.45, 7) is 0.656. The number of nitrogens with zero attached hydrogens (tertiary/aromatic N) is 1. The number of halogens is 2. The average molecular weight is 409 g/mol. The maximum Gasteiger partial charge on any atom is 0.243 e. The van der Waals surface area contributed by atoms with Crippen LogP contribution in [0.1, 0.15) is 12.8 Å². The first-order valence-electron chi connectivity index (χ1n) is 6.35. The van der Waals surface area contributed by atoms with Crippen LogP contribution in [0.2, 0.25) is 0 Å². The van der Waals surface area contributed by atoms with Gasteiger partial charge in [0, 0.05) is 22.2 Å². The van der Waals surface area contributed by atoms with Crippen molar-refractivity contribution in [3.63, 3.8) is 0 Å². The molecule has 2 fully saturated rings. The molecule has 2 aliphatic rings. The van der Waals surface area contributed by atoms with Gasteiger partial charge in [-0.1, -0.05) is 50.1 Å². The second-order valence-electron chi connectivity index (χ2n) is 5.22. The van der Waals surface area contributed by atoms with E-state index in [0.717, 1.165) is 12.8 Å². The van der Waals surface area contributed by atoms with E-state index in [1.807, 2.05) is 6.07 Å². The smallest absolute Gasteiger partial charge is 0.207 e. The lowest BCUT2D eigenvalue weighted by atomic mass is 9.79. The van der Waals surface area contributed by atoms with E-state index in [2.05, 4.69) is 31.9 Å². The lowest BCUT2D eigenvalue weighted by Gasteiger charge is -2.52. The molecule has 1 aromatic rings. The van der Waals surface area contributed by atoms with Crippen molar-refractivity contribution in [3.8, 4) is 0 Å². The van der Waals surface area contributed by atoms with E-state index in [0.29, 0.717) is 27.0 Å². The molecule has 0 radical (unpaired) electrons. The van der Waals surface area contributed by atoms with Crippen LogP contribution in [0.3, 0.4) is 0 Å². The van der Waals surface area contributed by atoms with Crippen molar-refractivity contribution in [3.05, 3.63) is 30.3 Å². The predicted octanol–water partition coefficient (Wildman–Crippen LogP) is 3.00. The Balaban J connectivity index is 1.82. The third-order valence-corrected chi connectivity index (χ3v) is 8.70. The van der Waals surface area contributed by atoms with E-state index in [4.69, 9.17) is 0 Å². The fourth-order valence-corrected chi connectivity index (χ4v) is 6.02. The SMILES string of the molecule is O=S(=O)(c1ccccc1)N1C[C@@H]2C[C@@H](Br)[C@@H](Br)C[C@@H]21. The van der Waals surface area contributed by atoms with Crippen LogP contribution in [-0.4, -0.2) is 35.0 Å². The fraction of sp³-hybridized carbons (Fsp3) is 0.538. The molecule has 19 heavy (non-hydrogen) atoms. The zero-order valence-corrected chi connectivity index (χ0v) is 14.2. The minimum Gasteiger partial charge on any atom is -0.207 e. The summed E-state index contributed by atoms with van der Waals surface area (Å²) in [5.74, 6) is 0.497. The molecule has 1 saturated heterocycles. The molecular weight excluding hydrogens is 394 g/mol. The second-order valence-corrected chi connectivity index (χ2v) is 9.46. The van der Waals surface area contributed by atoms with Crippen molar-refractivity contribution in [2.24, 2.45) is 5.92 Å². The molecule has 6 heteroatoms. The monoisotopic (exact) mass is 407 g/mol. The highest BCUT2D eigenvalue weighted by atomic mass is 79.9. The van der Waals surface area contributed by atoms with Crippen LogP contribution >= 0.6 is 31.9 Å². The fourth-order valence-electron chi connectivity index (χ4n) is 2.95. The van der Waals surface area contributed by atoms with E-state index >= 15 is 0 Å². The third-order valence-electron chi connectivity index (χ3n) is 4.07.